The van der Waals surface area contributed by atoms with Crippen molar-refractivity contribution in [3.8, 4) is 0 Å². The minimum absolute atomic E-state index is 0.00364. The highest BCUT2D eigenvalue weighted by molar-refractivity contribution is 6.01. The van der Waals surface area contributed by atoms with Crippen molar-refractivity contribution in [2.45, 2.75) is 26.2 Å². The number of nitrogens with one attached hydrogen (secondary N) is 3. The summed E-state index contributed by atoms with van der Waals surface area (Å²) in [6, 6.07) is -0.349. The summed E-state index contributed by atoms with van der Waals surface area (Å²) in [6.07, 6.45) is 2.64. The first-order valence-electron chi connectivity index (χ1n) is 8.91. The van der Waals surface area contributed by atoms with Crippen LogP contribution in [0.15, 0.2) is 4.99 Å². The molecule has 4 amide bonds. The van der Waals surface area contributed by atoms with Crippen molar-refractivity contribution in [2.24, 2.45) is 10.4 Å². The standard InChI is InChI=1S/C16H26N6O3/c1-2-17-14(18-5-7-22-13(24)9-19-15(22)25)21-6-3-4-16(11-21)8-12(23)20-10-16/h2-11H2,1H3,(H,17,18)(H,19,25)(H,20,23). The lowest BCUT2D eigenvalue weighted by molar-refractivity contribution is -0.125. The van der Waals surface area contributed by atoms with Gasteiger partial charge in [0.25, 0.3) is 0 Å². The van der Waals surface area contributed by atoms with Crippen LogP contribution >= 0.6 is 0 Å². The molecule has 9 heteroatoms. The number of carbonyl (C=O) groups excluding carboxylic acids is 3. The van der Waals surface area contributed by atoms with E-state index in [1.54, 1.807) is 0 Å². The van der Waals surface area contributed by atoms with E-state index < -0.39 is 0 Å². The molecule has 9 nitrogen and oxygen atoms in total. The Bertz CT molecular complexity index is 576. The van der Waals surface area contributed by atoms with Crippen LogP contribution in [0.3, 0.4) is 0 Å². The van der Waals surface area contributed by atoms with Crippen LogP contribution in [0, 0.1) is 5.41 Å². The highest BCUT2D eigenvalue weighted by Gasteiger charge is 2.42. The molecule has 138 valence electrons. The van der Waals surface area contributed by atoms with Crippen molar-refractivity contribution in [3.63, 3.8) is 0 Å². The largest absolute Gasteiger partial charge is 0.357 e. The van der Waals surface area contributed by atoms with Crippen LogP contribution in [0.2, 0.25) is 0 Å². The molecule has 0 saturated carbocycles. The fourth-order valence-electron chi connectivity index (χ4n) is 3.79. The second kappa shape index (κ2) is 7.28. The zero-order chi connectivity index (χ0) is 17.9. The van der Waals surface area contributed by atoms with Gasteiger partial charge in [0.15, 0.2) is 5.96 Å². The number of piperidine rings is 1. The van der Waals surface area contributed by atoms with E-state index in [4.69, 9.17) is 0 Å². The van der Waals surface area contributed by atoms with Crippen molar-refractivity contribution in [2.75, 3.05) is 45.8 Å². The fourth-order valence-corrected chi connectivity index (χ4v) is 3.79. The lowest BCUT2D eigenvalue weighted by Crippen LogP contribution is -2.51. The molecule has 1 unspecified atom stereocenters. The molecule has 1 atom stereocenters. The lowest BCUT2D eigenvalue weighted by atomic mass is 9.79. The Hall–Kier alpha value is -2.32. The first-order chi connectivity index (χ1) is 12.0. The molecule has 0 bridgehead atoms. The van der Waals surface area contributed by atoms with Crippen LogP contribution in [-0.2, 0) is 9.59 Å². The predicted octanol–water partition coefficient (Wildman–Crippen LogP) is -0.894. The molecule has 0 aromatic carbocycles. The minimum Gasteiger partial charge on any atom is -0.357 e. The summed E-state index contributed by atoms with van der Waals surface area (Å²) in [5.74, 6) is 0.702. The highest BCUT2D eigenvalue weighted by Crippen LogP contribution is 2.35. The smallest absolute Gasteiger partial charge is 0.324 e. The average Bonchev–Trinajstić information content (AvgIpc) is 3.10. The van der Waals surface area contributed by atoms with Gasteiger partial charge >= 0.3 is 6.03 Å². The summed E-state index contributed by atoms with van der Waals surface area (Å²) in [5.41, 5.74) is -0.00364. The zero-order valence-corrected chi connectivity index (χ0v) is 14.6. The van der Waals surface area contributed by atoms with Crippen molar-refractivity contribution < 1.29 is 14.4 Å². The Morgan fingerprint density at radius 2 is 2.16 bits per heavy atom. The molecule has 1 spiro atoms. The molecule has 0 aliphatic carbocycles. The van der Waals surface area contributed by atoms with Gasteiger partial charge in [-0.15, -0.1) is 0 Å². The first-order valence-corrected chi connectivity index (χ1v) is 8.91. The molecule has 3 aliphatic rings. The molecular formula is C16H26N6O3. The zero-order valence-electron chi connectivity index (χ0n) is 14.6. The third-order valence-electron chi connectivity index (χ3n) is 5.01. The molecule has 3 N–H and O–H groups in total. The third kappa shape index (κ3) is 3.85. The summed E-state index contributed by atoms with van der Waals surface area (Å²) in [7, 11) is 0. The van der Waals surface area contributed by atoms with Crippen LogP contribution < -0.4 is 16.0 Å². The van der Waals surface area contributed by atoms with Crippen molar-refractivity contribution >= 4 is 23.8 Å². The second-order valence-electron chi connectivity index (χ2n) is 6.92. The van der Waals surface area contributed by atoms with E-state index >= 15 is 0 Å². The van der Waals surface area contributed by atoms with E-state index in [1.165, 1.54) is 4.90 Å². The topological polar surface area (TPSA) is 106 Å². The van der Waals surface area contributed by atoms with Crippen LogP contribution in [-0.4, -0.2) is 79.4 Å². The third-order valence-corrected chi connectivity index (χ3v) is 5.01. The number of carbonyl (C=O) groups is 3. The van der Waals surface area contributed by atoms with E-state index in [9.17, 15) is 14.4 Å². The van der Waals surface area contributed by atoms with Crippen molar-refractivity contribution in [1.82, 2.24) is 25.8 Å². The van der Waals surface area contributed by atoms with Gasteiger partial charge in [0, 0.05) is 38.0 Å². The van der Waals surface area contributed by atoms with Gasteiger partial charge in [0.1, 0.15) is 0 Å². The van der Waals surface area contributed by atoms with Gasteiger partial charge in [-0.25, -0.2) is 4.79 Å². The van der Waals surface area contributed by atoms with Crippen LogP contribution in [0.1, 0.15) is 26.2 Å². The van der Waals surface area contributed by atoms with Gasteiger partial charge in [0.2, 0.25) is 11.8 Å². The number of urea groups is 1. The second-order valence-corrected chi connectivity index (χ2v) is 6.92. The summed E-state index contributed by atoms with van der Waals surface area (Å²) in [6.45, 7) is 5.87. The molecule has 3 saturated heterocycles. The lowest BCUT2D eigenvalue weighted by Gasteiger charge is -2.40. The Balaban J connectivity index is 1.62. The number of nitrogens with zero attached hydrogens (tertiary/aromatic N) is 3. The van der Waals surface area contributed by atoms with E-state index in [-0.39, 0.29) is 36.3 Å². The number of imide groups is 1. The molecule has 25 heavy (non-hydrogen) atoms. The summed E-state index contributed by atoms with van der Waals surface area (Å²) < 4.78 is 0. The van der Waals surface area contributed by atoms with Crippen molar-refractivity contribution in [1.29, 1.82) is 0 Å². The number of likely N-dealkylation sites (tertiary alicyclic amines) is 1. The van der Waals surface area contributed by atoms with E-state index in [0.29, 0.717) is 13.0 Å². The molecule has 0 aromatic heterocycles. The average molecular weight is 350 g/mol. The molecule has 3 heterocycles. The Labute approximate surface area is 147 Å². The molecule has 3 rings (SSSR count). The summed E-state index contributed by atoms with van der Waals surface area (Å²) in [5, 5.41) is 8.74. The van der Waals surface area contributed by atoms with E-state index in [2.05, 4.69) is 25.8 Å². The van der Waals surface area contributed by atoms with Gasteiger partial charge < -0.3 is 20.9 Å². The number of amides is 4. The maximum atomic E-state index is 11.6. The van der Waals surface area contributed by atoms with Gasteiger partial charge in [-0.3, -0.25) is 19.5 Å². The molecule has 3 fully saturated rings. The van der Waals surface area contributed by atoms with Gasteiger partial charge in [-0.2, -0.15) is 0 Å². The molecular weight excluding hydrogens is 324 g/mol. The first kappa shape index (κ1) is 17.5. The fraction of sp³-hybridized carbons (Fsp3) is 0.750. The summed E-state index contributed by atoms with van der Waals surface area (Å²) >= 11 is 0. The number of hydrogen-bond acceptors (Lipinski definition) is 4. The summed E-state index contributed by atoms with van der Waals surface area (Å²) in [4.78, 5) is 42.8. The molecule has 0 radical (unpaired) electrons. The van der Waals surface area contributed by atoms with Gasteiger partial charge in [-0.1, -0.05) is 0 Å². The minimum atomic E-state index is -0.349. The van der Waals surface area contributed by atoms with E-state index in [1.807, 2.05) is 6.92 Å². The van der Waals surface area contributed by atoms with Gasteiger partial charge in [0.05, 0.1) is 19.6 Å². The maximum absolute atomic E-state index is 11.6. The van der Waals surface area contributed by atoms with Crippen molar-refractivity contribution in [3.05, 3.63) is 0 Å². The quantitative estimate of drug-likeness (QED) is 0.346. The molecule has 3 aliphatic heterocycles. The Kier molecular flexibility index (Phi) is 5.10. The SMILES string of the molecule is CCNC(=NCCN1C(=O)CNC1=O)N1CCCC2(CNC(=O)C2)C1. The van der Waals surface area contributed by atoms with E-state index in [0.717, 1.165) is 45.0 Å². The number of rotatable bonds is 4. The molecule has 0 aromatic rings. The Morgan fingerprint density at radius 3 is 2.80 bits per heavy atom. The van der Waals surface area contributed by atoms with Crippen LogP contribution in [0.25, 0.3) is 0 Å². The van der Waals surface area contributed by atoms with Crippen LogP contribution in [0.5, 0.6) is 0 Å². The maximum Gasteiger partial charge on any atom is 0.324 e. The predicted molar refractivity (Wildman–Crippen MR) is 92.0 cm³/mol. The van der Waals surface area contributed by atoms with Crippen LogP contribution in [0.4, 0.5) is 4.79 Å². The number of aliphatic imine (C=N–C) groups is 1. The normalized spacial score (nSPS) is 27.1. The monoisotopic (exact) mass is 350 g/mol. The number of hydrogen-bond donors (Lipinski definition) is 3. The Morgan fingerprint density at radius 1 is 1.32 bits per heavy atom. The number of guanidine groups is 1. The van der Waals surface area contributed by atoms with Gasteiger partial charge in [-0.05, 0) is 19.8 Å². The highest BCUT2D eigenvalue weighted by atomic mass is 16.2.